The second kappa shape index (κ2) is 8.10. The van der Waals surface area contributed by atoms with Crippen LogP contribution in [0.4, 0.5) is 5.69 Å². The summed E-state index contributed by atoms with van der Waals surface area (Å²) in [7, 11) is -2.28. The first-order chi connectivity index (χ1) is 12.9. The molecule has 2 N–H and O–H groups in total. The zero-order chi connectivity index (χ0) is 19.4. The molecule has 0 unspecified atom stereocenters. The Kier molecular flexibility index (Phi) is 5.82. The van der Waals surface area contributed by atoms with Crippen LogP contribution < -0.4 is 9.62 Å². The maximum atomic E-state index is 12.9. The van der Waals surface area contributed by atoms with E-state index in [1.54, 1.807) is 36.4 Å². The number of rotatable bonds is 5. The molecule has 6 nitrogen and oxygen atoms in total. The third-order valence-corrected chi connectivity index (χ3v) is 6.69. The van der Waals surface area contributed by atoms with E-state index in [0.717, 1.165) is 12.8 Å². The molecule has 1 amide bonds. The molecule has 0 atom stereocenters. The molecule has 0 spiro atoms. The minimum absolute atomic E-state index is 0.00755. The van der Waals surface area contributed by atoms with Crippen molar-refractivity contribution in [2.75, 3.05) is 11.4 Å². The molecule has 1 fully saturated rings. The number of carbonyl (C=O) groups is 1. The van der Waals surface area contributed by atoms with Gasteiger partial charge in [-0.25, -0.2) is 8.42 Å². The minimum Gasteiger partial charge on any atom is -0.393 e. The van der Waals surface area contributed by atoms with Gasteiger partial charge in [0.1, 0.15) is 0 Å². The van der Waals surface area contributed by atoms with Gasteiger partial charge < -0.3 is 10.4 Å². The van der Waals surface area contributed by atoms with Crippen molar-refractivity contribution >= 4 is 21.6 Å². The van der Waals surface area contributed by atoms with E-state index < -0.39 is 10.0 Å². The van der Waals surface area contributed by atoms with Crippen molar-refractivity contribution in [3.05, 3.63) is 60.2 Å². The normalized spacial score (nSPS) is 20.1. The summed E-state index contributed by atoms with van der Waals surface area (Å²) in [5.41, 5.74) is 0.858. The first-order valence-electron chi connectivity index (χ1n) is 9.01. The van der Waals surface area contributed by atoms with Gasteiger partial charge in [-0.3, -0.25) is 9.10 Å². The summed E-state index contributed by atoms with van der Waals surface area (Å²) in [6, 6.07) is 14.9. The fraction of sp³-hybridized carbons (Fsp3) is 0.350. The predicted octanol–water partition coefficient (Wildman–Crippen LogP) is 2.55. The van der Waals surface area contributed by atoms with Crippen LogP contribution in [0.2, 0.25) is 0 Å². The van der Waals surface area contributed by atoms with Crippen LogP contribution >= 0.6 is 0 Å². The maximum Gasteiger partial charge on any atom is 0.264 e. The second-order valence-electron chi connectivity index (χ2n) is 6.81. The van der Waals surface area contributed by atoms with E-state index in [4.69, 9.17) is 0 Å². The predicted molar refractivity (Wildman–Crippen MR) is 104 cm³/mol. The molecule has 0 bridgehead atoms. The van der Waals surface area contributed by atoms with Crippen molar-refractivity contribution in [3.63, 3.8) is 0 Å². The zero-order valence-corrected chi connectivity index (χ0v) is 16.0. The molecule has 3 rings (SSSR count). The average molecular weight is 388 g/mol. The highest BCUT2D eigenvalue weighted by molar-refractivity contribution is 7.92. The highest BCUT2D eigenvalue weighted by atomic mass is 32.2. The van der Waals surface area contributed by atoms with Crippen LogP contribution in [0, 0.1) is 0 Å². The van der Waals surface area contributed by atoms with Gasteiger partial charge >= 0.3 is 0 Å². The molecule has 2 aromatic carbocycles. The largest absolute Gasteiger partial charge is 0.393 e. The first-order valence-corrected chi connectivity index (χ1v) is 10.4. The van der Waals surface area contributed by atoms with Crippen LogP contribution in [0.3, 0.4) is 0 Å². The summed E-state index contributed by atoms with van der Waals surface area (Å²) in [6.45, 7) is 0. The number of sulfonamides is 1. The molecule has 1 aliphatic rings. The van der Waals surface area contributed by atoms with Crippen molar-refractivity contribution in [1.82, 2.24) is 5.32 Å². The van der Waals surface area contributed by atoms with E-state index in [2.05, 4.69) is 5.32 Å². The number of amides is 1. The average Bonchev–Trinajstić information content (AvgIpc) is 2.70. The Bertz CT molecular complexity index is 891. The Morgan fingerprint density at radius 3 is 2.37 bits per heavy atom. The van der Waals surface area contributed by atoms with Crippen molar-refractivity contribution in [2.24, 2.45) is 0 Å². The summed E-state index contributed by atoms with van der Waals surface area (Å²) >= 11 is 0. The quantitative estimate of drug-likeness (QED) is 0.824. The summed E-state index contributed by atoms with van der Waals surface area (Å²) in [5.74, 6) is -0.296. The van der Waals surface area contributed by atoms with Gasteiger partial charge in [-0.1, -0.05) is 24.3 Å². The number of anilines is 1. The number of carbonyl (C=O) groups excluding carboxylic acids is 1. The summed E-state index contributed by atoms with van der Waals surface area (Å²) in [4.78, 5) is 12.6. The molecule has 144 valence electrons. The van der Waals surface area contributed by atoms with Crippen LogP contribution in [0.15, 0.2) is 59.5 Å². The summed E-state index contributed by atoms with van der Waals surface area (Å²) < 4.78 is 27.0. The Morgan fingerprint density at radius 1 is 1.04 bits per heavy atom. The SMILES string of the molecule is CN(c1ccccc1)S(=O)(=O)c1cccc(C(=O)NC2CCC(O)CC2)c1. The van der Waals surface area contributed by atoms with Gasteiger partial charge in [0.05, 0.1) is 16.7 Å². The number of aliphatic hydroxyl groups is 1. The summed E-state index contributed by atoms with van der Waals surface area (Å²) in [5, 5.41) is 12.5. The number of aliphatic hydroxyl groups excluding tert-OH is 1. The van der Waals surface area contributed by atoms with Gasteiger partial charge in [-0.05, 0) is 56.0 Å². The number of hydrogen-bond donors (Lipinski definition) is 2. The van der Waals surface area contributed by atoms with Crippen molar-refractivity contribution < 1.29 is 18.3 Å². The van der Waals surface area contributed by atoms with Crippen LogP contribution in [0.1, 0.15) is 36.0 Å². The lowest BCUT2D eigenvalue weighted by Gasteiger charge is -2.26. The van der Waals surface area contributed by atoms with E-state index in [1.165, 1.54) is 23.5 Å². The van der Waals surface area contributed by atoms with Gasteiger partial charge in [-0.15, -0.1) is 0 Å². The third-order valence-electron chi connectivity index (χ3n) is 4.91. The number of benzene rings is 2. The number of para-hydroxylation sites is 1. The molecule has 0 radical (unpaired) electrons. The molecule has 0 aliphatic heterocycles. The second-order valence-corrected chi connectivity index (χ2v) is 8.78. The van der Waals surface area contributed by atoms with Gasteiger partial charge in [0.2, 0.25) is 0 Å². The highest BCUT2D eigenvalue weighted by Crippen LogP contribution is 2.23. The molecule has 27 heavy (non-hydrogen) atoms. The van der Waals surface area contributed by atoms with Crippen LogP contribution in [-0.2, 0) is 10.0 Å². The fourth-order valence-corrected chi connectivity index (χ4v) is 4.46. The highest BCUT2D eigenvalue weighted by Gasteiger charge is 2.24. The lowest BCUT2D eigenvalue weighted by atomic mass is 9.93. The van der Waals surface area contributed by atoms with Crippen molar-refractivity contribution in [1.29, 1.82) is 0 Å². The monoisotopic (exact) mass is 388 g/mol. The smallest absolute Gasteiger partial charge is 0.264 e. The Balaban J connectivity index is 1.77. The van der Waals surface area contributed by atoms with E-state index >= 15 is 0 Å². The van der Waals surface area contributed by atoms with Gasteiger partial charge in [0.25, 0.3) is 15.9 Å². The Morgan fingerprint density at radius 2 is 1.70 bits per heavy atom. The van der Waals surface area contributed by atoms with Crippen LogP contribution in [0.5, 0.6) is 0 Å². The fourth-order valence-electron chi connectivity index (χ4n) is 3.22. The van der Waals surface area contributed by atoms with E-state index in [1.807, 2.05) is 6.07 Å². The maximum absolute atomic E-state index is 12.9. The van der Waals surface area contributed by atoms with Crippen molar-refractivity contribution in [3.8, 4) is 0 Å². The molecule has 2 aromatic rings. The number of hydrogen-bond acceptors (Lipinski definition) is 4. The Labute approximate surface area is 159 Å². The lowest BCUT2D eigenvalue weighted by molar-refractivity contribution is 0.0867. The standard InChI is InChI=1S/C20H24N2O4S/c1-22(17-7-3-2-4-8-17)27(25,26)19-9-5-6-15(14-19)20(24)21-16-10-12-18(23)13-11-16/h2-9,14,16,18,23H,10-13H2,1H3,(H,21,24). The van der Waals surface area contributed by atoms with E-state index in [-0.39, 0.29) is 22.9 Å². The molecule has 7 heteroatoms. The van der Waals surface area contributed by atoms with E-state index in [0.29, 0.717) is 24.1 Å². The molecule has 1 aliphatic carbocycles. The van der Waals surface area contributed by atoms with Gasteiger partial charge in [-0.2, -0.15) is 0 Å². The van der Waals surface area contributed by atoms with Crippen LogP contribution in [0.25, 0.3) is 0 Å². The van der Waals surface area contributed by atoms with Gasteiger partial charge in [0.15, 0.2) is 0 Å². The number of nitrogens with zero attached hydrogens (tertiary/aromatic N) is 1. The molecule has 0 heterocycles. The lowest BCUT2D eigenvalue weighted by Crippen LogP contribution is -2.38. The molecular formula is C20H24N2O4S. The van der Waals surface area contributed by atoms with Gasteiger partial charge in [0, 0.05) is 18.7 Å². The first kappa shape index (κ1) is 19.4. The van der Waals surface area contributed by atoms with E-state index in [9.17, 15) is 18.3 Å². The molecule has 0 saturated heterocycles. The van der Waals surface area contributed by atoms with Crippen LogP contribution in [-0.4, -0.2) is 38.6 Å². The minimum atomic E-state index is -3.77. The molecule has 1 saturated carbocycles. The number of nitrogens with one attached hydrogen (secondary N) is 1. The molecule has 0 aromatic heterocycles. The van der Waals surface area contributed by atoms with Crippen molar-refractivity contribution in [2.45, 2.75) is 42.7 Å². The zero-order valence-electron chi connectivity index (χ0n) is 15.2. The third kappa shape index (κ3) is 4.48. The topological polar surface area (TPSA) is 86.7 Å². The Hall–Kier alpha value is -2.38. The molecular weight excluding hydrogens is 364 g/mol. The summed E-state index contributed by atoms with van der Waals surface area (Å²) in [6.07, 6.45) is 2.49.